The van der Waals surface area contributed by atoms with E-state index in [9.17, 15) is 14.0 Å². The van der Waals surface area contributed by atoms with Crippen LogP contribution < -0.4 is 20.3 Å². The van der Waals surface area contributed by atoms with Gasteiger partial charge in [-0.05, 0) is 17.7 Å². The van der Waals surface area contributed by atoms with Crippen molar-refractivity contribution < 1.29 is 18.7 Å². The molecule has 0 unspecified atom stereocenters. The number of benzene rings is 2. The second-order valence-electron chi connectivity index (χ2n) is 7.29. The van der Waals surface area contributed by atoms with Crippen LogP contribution in [0, 0.1) is 5.82 Å². The highest BCUT2D eigenvalue weighted by Gasteiger charge is 2.34. The Bertz CT molecular complexity index is 1240. The van der Waals surface area contributed by atoms with Crippen LogP contribution in [0.2, 0.25) is 0 Å². The summed E-state index contributed by atoms with van der Waals surface area (Å²) in [5.41, 5.74) is 1.12. The van der Waals surface area contributed by atoms with E-state index in [2.05, 4.69) is 10.3 Å². The average Bonchev–Trinajstić information content (AvgIpc) is 2.80. The van der Waals surface area contributed by atoms with Gasteiger partial charge < -0.3 is 19.4 Å². The number of anilines is 1. The molecule has 1 N–H and O–H groups in total. The Morgan fingerprint density at radius 3 is 2.66 bits per heavy atom. The Kier molecular flexibility index (Phi) is 6.18. The first-order chi connectivity index (χ1) is 15.4. The van der Waals surface area contributed by atoms with Gasteiger partial charge in [-0.2, -0.15) is 4.98 Å². The zero-order valence-electron chi connectivity index (χ0n) is 17.8. The summed E-state index contributed by atoms with van der Waals surface area (Å²) in [5.74, 6) is 0.584. The first-order valence-corrected chi connectivity index (χ1v) is 10.9. The van der Waals surface area contributed by atoms with Crippen LogP contribution in [-0.4, -0.2) is 29.7 Å². The van der Waals surface area contributed by atoms with Gasteiger partial charge in [-0.25, -0.2) is 4.39 Å². The molecule has 0 radical (unpaired) electrons. The molecule has 9 heteroatoms. The number of carbonyl (C=O) groups is 1. The number of hydrogen-bond acceptors (Lipinski definition) is 6. The van der Waals surface area contributed by atoms with Crippen molar-refractivity contribution >= 4 is 23.5 Å². The molecule has 32 heavy (non-hydrogen) atoms. The molecule has 0 spiro atoms. The highest BCUT2D eigenvalue weighted by Crippen LogP contribution is 2.43. The van der Waals surface area contributed by atoms with Crippen molar-refractivity contribution in [2.75, 3.05) is 19.5 Å². The molecule has 4 rings (SSSR count). The van der Waals surface area contributed by atoms with Gasteiger partial charge in [0.15, 0.2) is 16.7 Å². The average molecular weight is 456 g/mol. The summed E-state index contributed by atoms with van der Waals surface area (Å²) in [6, 6.07) is 11.8. The summed E-state index contributed by atoms with van der Waals surface area (Å²) in [4.78, 5) is 30.0. The number of nitrogens with one attached hydrogen (secondary N) is 1. The van der Waals surface area contributed by atoms with E-state index < -0.39 is 11.5 Å². The second-order valence-corrected chi connectivity index (χ2v) is 8.23. The lowest BCUT2D eigenvalue weighted by Gasteiger charge is -2.28. The number of amides is 1. The Labute approximate surface area is 188 Å². The van der Waals surface area contributed by atoms with Crippen LogP contribution in [0.5, 0.6) is 11.5 Å². The Hall–Kier alpha value is -3.33. The van der Waals surface area contributed by atoms with Crippen LogP contribution in [0.25, 0.3) is 0 Å². The summed E-state index contributed by atoms with van der Waals surface area (Å²) in [5, 5.41) is 3.19. The van der Waals surface area contributed by atoms with Gasteiger partial charge in [0.05, 0.1) is 19.8 Å². The molecule has 2 aromatic carbocycles. The van der Waals surface area contributed by atoms with Crippen molar-refractivity contribution in [3.8, 4) is 11.5 Å². The molecule has 1 aromatic heterocycles. The number of hydrogen-bond donors (Lipinski definition) is 1. The zero-order valence-corrected chi connectivity index (χ0v) is 18.7. The van der Waals surface area contributed by atoms with Crippen LogP contribution in [0.3, 0.4) is 0 Å². The molecule has 1 amide bonds. The van der Waals surface area contributed by atoms with E-state index in [1.165, 1.54) is 32.0 Å². The number of ether oxygens (including phenoxy) is 2. The molecule has 2 heterocycles. The maximum absolute atomic E-state index is 14.0. The minimum Gasteiger partial charge on any atom is -0.493 e. The molecule has 1 atom stereocenters. The number of thioether (sulfide) groups is 1. The molecule has 1 aliphatic heterocycles. The summed E-state index contributed by atoms with van der Waals surface area (Å²) in [7, 11) is 4.77. The van der Waals surface area contributed by atoms with Gasteiger partial charge in [0.1, 0.15) is 11.6 Å². The largest absolute Gasteiger partial charge is 0.493 e. The number of nitrogens with zero attached hydrogens (tertiary/aromatic N) is 2. The summed E-state index contributed by atoms with van der Waals surface area (Å²) >= 11 is 1.23. The molecule has 0 saturated carbocycles. The third kappa shape index (κ3) is 3.95. The van der Waals surface area contributed by atoms with Crippen molar-refractivity contribution in [1.29, 1.82) is 0 Å². The van der Waals surface area contributed by atoms with Crippen molar-refractivity contribution in [3.05, 3.63) is 75.3 Å². The van der Waals surface area contributed by atoms with Crippen LogP contribution in [-0.2, 0) is 17.6 Å². The number of para-hydroxylation sites is 1. The molecular weight excluding hydrogens is 433 g/mol. The van der Waals surface area contributed by atoms with Crippen molar-refractivity contribution in [2.24, 2.45) is 7.05 Å². The van der Waals surface area contributed by atoms with Gasteiger partial charge in [-0.1, -0.05) is 42.1 Å². The number of methoxy groups -OCH3 is 2. The fourth-order valence-corrected chi connectivity index (χ4v) is 4.83. The Morgan fingerprint density at radius 2 is 1.94 bits per heavy atom. The monoisotopic (exact) mass is 455 g/mol. The third-order valence-electron chi connectivity index (χ3n) is 5.42. The van der Waals surface area contributed by atoms with Crippen molar-refractivity contribution in [2.45, 2.75) is 23.2 Å². The first-order valence-electron chi connectivity index (χ1n) is 9.92. The van der Waals surface area contributed by atoms with E-state index in [-0.39, 0.29) is 18.1 Å². The van der Waals surface area contributed by atoms with Crippen molar-refractivity contribution in [3.63, 3.8) is 0 Å². The number of fused-ring (bicyclic) bond motifs is 1. The van der Waals surface area contributed by atoms with Crippen LogP contribution >= 0.6 is 11.8 Å². The summed E-state index contributed by atoms with van der Waals surface area (Å²) in [6.07, 6.45) is 0.0785. The van der Waals surface area contributed by atoms with Gasteiger partial charge >= 0.3 is 0 Å². The molecule has 1 aliphatic rings. The predicted molar refractivity (Wildman–Crippen MR) is 120 cm³/mol. The van der Waals surface area contributed by atoms with Gasteiger partial charge in [0.25, 0.3) is 5.56 Å². The van der Waals surface area contributed by atoms with Gasteiger partial charge in [0, 0.05) is 30.7 Å². The lowest BCUT2D eigenvalue weighted by atomic mass is 9.86. The SMILES string of the molecule is COc1cccc([C@@H]2CC(=O)Nc3c2c(=O)nc(SCc2ccccc2F)n3C)c1OC. The molecule has 0 bridgehead atoms. The maximum Gasteiger partial charge on any atom is 0.279 e. The minimum atomic E-state index is -0.541. The Morgan fingerprint density at radius 1 is 1.16 bits per heavy atom. The van der Waals surface area contributed by atoms with Gasteiger partial charge in [-0.3, -0.25) is 9.59 Å². The minimum absolute atomic E-state index is 0.0785. The highest BCUT2D eigenvalue weighted by molar-refractivity contribution is 7.98. The van der Waals surface area contributed by atoms with Crippen LogP contribution in [0.4, 0.5) is 10.2 Å². The van der Waals surface area contributed by atoms with Crippen LogP contribution in [0.15, 0.2) is 52.4 Å². The number of rotatable bonds is 6. The quantitative estimate of drug-likeness (QED) is 0.451. The number of halogens is 1. The van der Waals surface area contributed by atoms with E-state index in [0.717, 1.165) is 0 Å². The third-order valence-corrected chi connectivity index (χ3v) is 6.50. The molecule has 166 valence electrons. The van der Waals surface area contributed by atoms with Crippen molar-refractivity contribution in [1.82, 2.24) is 9.55 Å². The summed E-state index contributed by atoms with van der Waals surface area (Å²) < 4.78 is 26.6. The normalized spacial score (nSPS) is 15.1. The van der Waals surface area contributed by atoms with E-state index in [0.29, 0.717) is 44.9 Å². The highest BCUT2D eigenvalue weighted by atomic mass is 32.2. The van der Waals surface area contributed by atoms with E-state index in [1.807, 2.05) is 6.07 Å². The maximum atomic E-state index is 14.0. The first kappa shape index (κ1) is 21.9. The molecule has 0 fully saturated rings. The van der Waals surface area contributed by atoms with E-state index in [4.69, 9.17) is 9.47 Å². The van der Waals surface area contributed by atoms with E-state index in [1.54, 1.807) is 41.9 Å². The van der Waals surface area contributed by atoms with Crippen LogP contribution in [0.1, 0.15) is 29.0 Å². The fourth-order valence-electron chi connectivity index (χ4n) is 3.87. The lowest BCUT2D eigenvalue weighted by molar-refractivity contribution is -0.116. The molecular formula is C23H22FN3O4S. The lowest BCUT2D eigenvalue weighted by Crippen LogP contribution is -2.33. The number of aromatic nitrogens is 2. The Balaban J connectivity index is 1.77. The summed E-state index contributed by atoms with van der Waals surface area (Å²) in [6.45, 7) is 0. The van der Waals surface area contributed by atoms with Gasteiger partial charge in [-0.15, -0.1) is 0 Å². The second kappa shape index (κ2) is 9.04. The number of carbonyl (C=O) groups excluding carboxylic acids is 1. The predicted octanol–water partition coefficient (Wildman–Crippen LogP) is 3.70. The smallest absolute Gasteiger partial charge is 0.279 e. The standard InChI is InChI=1S/C23H22FN3O4S/c1-27-21-19(22(29)26-23(27)32-12-13-7-4-5-9-16(13)24)15(11-18(28)25-21)14-8-6-10-17(30-2)20(14)31-3/h4-10,15H,11-12H2,1-3H3,(H,25,28)/t15-/m0/s1. The molecule has 0 saturated heterocycles. The fraction of sp³-hybridized carbons (Fsp3) is 0.261. The van der Waals surface area contributed by atoms with E-state index >= 15 is 0 Å². The van der Waals surface area contributed by atoms with Gasteiger partial charge in [0.2, 0.25) is 5.91 Å². The molecule has 7 nitrogen and oxygen atoms in total. The zero-order chi connectivity index (χ0) is 22.8. The molecule has 3 aromatic rings. The molecule has 0 aliphatic carbocycles. The topological polar surface area (TPSA) is 82.5 Å².